The summed E-state index contributed by atoms with van der Waals surface area (Å²) in [6.45, 7) is 4.73. The summed E-state index contributed by atoms with van der Waals surface area (Å²) in [5.74, 6) is 1.56. The number of nitrogens with zero attached hydrogens (tertiary/aromatic N) is 1. The first-order valence-electron chi connectivity index (χ1n) is 5.98. The van der Waals surface area contributed by atoms with Crippen LogP contribution in [-0.2, 0) is 0 Å². The van der Waals surface area contributed by atoms with Crippen molar-refractivity contribution in [3.63, 3.8) is 0 Å². The summed E-state index contributed by atoms with van der Waals surface area (Å²) >= 11 is 0. The van der Waals surface area contributed by atoms with Crippen molar-refractivity contribution in [2.24, 2.45) is 5.92 Å². The number of aliphatic hydroxyl groups excluding tert-OH is 1. The maximum atomic E-state index is 9.75. The van der Waals surface area contributed by atoms with Crippen molar-refractivity contribution in [2.75, 3.05) is 6.61 Å². The number of aromatic nitrogens is 1. The van der Waals surface area contributed by atoms with E-state index in [2.05, 4.69) is 18.0 Å². The van der Waals surface area contributed by atoms with Crippen LogP contribution in [0.1, 0.15) is 38.2 Å². The molecular weight excluding hydrogens is 202 g/mol. The topological polar surface area (TPSA) is 42.4 Å². The Morgan fingerprint density at radius 2 is 2.25 bits per heavy atom. The van der Waals surface area contributed by atoms with Gasteiger partial charge in [0.25, 0.3) is 0 Å². The van der Waals surface area contributed by atoms with Crippen molar-refractivity contribution in [2.45, 2.75) is 38.7 Å². The minimum absolute atomic E-state index is 0.166. The molecule has 3 heteroatoms. The molecule has 1 aliphatic rings. The molecule has 0 saturated heterocycles. The number of aliphatic hydroxyl groups is 1. The van der Waals surface area contributed by atoms with Crippen LogP contribution in [0.3, 0.4) is 0 Å². The molecule has 1 saturated carbocycles. The van der Waals surface area contributed by atoms with Gasteiger partial charge in [0.05, 0.1) is 18.9 Å². The third kappa shape index (κ3) is 2.19. The lowest BCUT2D eigenvalue weighted by Crippen LogP contribution is -2.14. The Morgan fingerprint density at radius 1 is 1.44 bits per heavy atom. The zero-order valence-electron chi connectivity index (χ0n) is 9.89. The molecule has 0 aliphatic heterocycles. The number of rotatable bonds is 3. The predicted molar refractivity (Wildman–Crippen MR) is 62.6 cm³/mol. The van der Waals surface area contributed by atoms with Crippen LogP contribution in [0, 0.1) is 5.92 Å². The van der Waals surface area contributed by atoms with E-state index in [0.29, 0.717) is 18.4 Å². The lowest BCUT2D eigenvalue weighted by molar-refractivity contribution is 0.136. The average molecular weight is 221 g/mol. The zero-order chi connectivity index (χ0) is 11.5. The average Bonchev–Trinajstić information content (AvgIpc) is 2.61. The summed E-state index contributed by atoms with van der Waals surface area (Å²) in [7, 11) is 0. The molecule has 2 rings (SSSR count). The van der Waals surface area contributed by atoms with E-state index in [9.17, 15) is 5.11 Å². The van der Waals surface area contributed by atoms with Crippen LogP contribution >= 0.6 is 0 Å². The molecule has 0 aromatic carbocycles. The molecule has 1 heterocycles. The molecule has 1 aromatic rings. The van der Waals surface area contributed by atoms with Gasteiger partial charge in [0.1, 0.15) is 5.75 Å². The zero-order valence-corrected chi connectivity index (χ0v) is 9.89. The molecule has 1 aliphatic carbocycles. The van der Waals surface area contributed by atoms with E-state index < -0.39 is 0 Å². The van der Waals surface area contributed by atoms with Gasteiger partial charge in [-0.1, -0.05) is 6.92 Å². The van der Waals surface area contributed by atoms with Crippen LogP contribution in [0.2, 0.25) is 0 Å². The fourth-order valence-electron chi connectivity index (χ4n) is 2.50. The van der Waals surface area contributed by atoms with Gasteiger partial charge in [0, 0.05) is 6.20 Å². The smallest absolute Gasteiger partial charge is 0.137 e. The second kappa shape index (κ2) is 4.83. The number of hydrogen-bond donors (Lipinski definition) is 1. The van der Waals surface area contributed by atoms with E-state index in [-0.39, 0.29) is 6.10 Å². The van der Waals surface area contributed by atoms with E-state index in [0.717, 1.165) is 18.6 Å². The van der Waals surface area contributed by atoms with E-state index in [4.69, 9.17) is 4.74 Å². The Balaban J connectivity index is 2.17. The van der Waals surface area contributed by atoms with E-state index in [1.807, 2.05) is 13.1 Å². The second-order valence-electron chi connectivity index (χ2n) is 4.50. The van der Waals surface area contributed by atoms with Crippen LogP contribution in [0.5, 0.6) is 5.75 Å². The Morgan fingerprint density at radius 3 is 2.88 bits per heavy atom. The van der Waals surface area contributed by atoms with Gasteiger partial charge in [0.2, 0.25) is 0 Å². The first-order valence-corrected chi connectivity index (χ1v) is 5.98. The van der Waals surface area contributed by atoms with Crippen LogP contribution < -0.4 is 4.74 Å². The van der Waals surface area contributed by atoms with E-state index in [1.54, 1.807) is 6.20 Å². The second-order valence-corrected chi connectivity index (χ2v) is 4.50. The fraction of sp³-hybridized carbons (Fsp3) is 0.615. The molecule has 0 radical (unpaired) electrons. The van der Waals surface area contributed by atoms with Crippen LogP contribution in [0.25, 0.3) is 0 Å². The third-order valence-corrected chi connectivity index (χ3v) is 3.49. The molecule has 0 bridgehead atoms. The lowest BCUT2D eigenvalue weighted by Gasteiger charge is -2.18. The lowest BCUT2D eigenvalue weighted by atomic mass is 9.90. The third-order valence-electron chi connectivity index (χ3n) is 3.49. The Hall–Kier alpha value is -1.09. The molecular formula is C13H19NO2. The van der Waals surface area contributed by atoms with Gasteiger partial charge in [-0.2, -0.15) is 0 Å². The normalized spacial score (nSPS) is 29.3. The first-order chi connectivity index (χ1) is 7.72. The number of hydrogen-bond acceptors (Lipinski definition) is 3. The van der Waals surface area contributed by atoms with Crippen LogP contribution in [0.15, 0.2) is 18.5 Å². The van der Waals surface area contributed by atoms with Gasteiger partial charge in [-0.05, 0) is 43.2 Å². The van der Waals surface area contributed by atoms with Crippen LogP contribution in [-0.4, -0.2) is 22.8 Å². The Bertz CT molecular complexity index is 354. The van der Waals surface area contributed by atoms with Gasteiger partial charge in [-0.15, -0.1) is 0 Å². The maximum absolute atomic E-state index is 9.75. The molecule has 3 atom stereocenters. The van der Waals surface area contributed by atoms with Gasteiger partial charge in [-0.3, -0.25) is 4.98 Å². The fourth-order valence-corrected chi connectivity index (χ4v) is 2.50. The molecule has 88 valence electrons. The molecule has 0 spiro atoms. The Labute approximate surface area is 96.5 Å². The van der Waals surface area contributed by atoms with Crippen molar-refractivity contribution < 1.29 is 9.84 Å². The molecule has 1 N–H and O–H groups in total. The number of ether oxygens (including phenoxy) is 1. The molecule has 3 nitrogen and oxygen atoms in total. The minimum Gasteiger partial charge on any atom is -0.492 e. The largest absolute Gasteiger partial charge is 0.492 e. The first kappa shape index (κ1) is 11.4. The summed E-state index contributed by atoms with van der Waals surface area (Å²) < 4.78 is 5.44. The van der Waals surface area contributed by atoms with Crippen molar-refractivity contribution >= 4 is 0 Å². The van der Waals surface area contributed by atoms with Crippen molar-refractivity contribution in [1.82, 2.24) is 4.98 Å². The van der Waals surface area contributed by atoms with Gasteiger partial charge in [-0.25, -0.2) is 0 Å². The molecule has 16 heavy (non-hydrogen) atoms. The highest BCUT2D eigenvalue weighted by Gasteiger charge is 2.32. The van der Waals surface area contributed by atoms with Gasteiger partial charge >= 0.3 is 0 Å². The van der Waals surface area contributed by atoms with Gasteiger partial charge in [0.15, 0.2) is 0 Å². The summed E-state index contributed by atoms with van der Waals surface area (Å²) in [6, 6.07) is 2.05. The molecule has 1 aromatic heterocycles. The number of pyridine rings is 1. The molecule has 0 amide bonds. The minimum atomic E-state index is -0.166. The molecule has 3 unspecified atom stereocenters. The van der Waals surface area contributed by atoms with E-state index in [1.165, 1.54) is 5.56 Å². The van der Waals surface area contributed by atoms with Crippen LogP contribution in [0.4, 0.5) is 0 Å². The standard InChI is InChI=1S/C13H19NO2/c1-3-16-11-6-10(7-14-8-11)12-4-5-13(15)9(12)2/h6-9,12-13,15H,3-5H2,1-2H3. The summed E-state index contributed by atoms with van der Waals surface area (Å²) in [5, 5.41) is 9.75. The SMILES string of the molecule is CCOc1cncc(C2CCC(O)C2C)c1. The Kier molecular flexibility index (Phi) is 3.44. The van der Waals surface area contributed by atoms with Crippen molar-refractivity contribution in [3.8, 4) is 5.75 Å². The quantitative estimate of drug-likeness (QED) is 0.852. The van der Waals surface area contributed by atoms with Crippen molar-refractivity contribution in [1.29, 1.82) is 0 Å². The summed E-state index contributed by atoms with van der Waals surface area (Å²) in [6.07, 6.45) is 5.40. The highest BCUT2D eigenvalue weighted by Crippen LogP contribution is 2.39. The highest BCUT2D eigenvalue weighted by molar-refractivity contribution is 5.27. The van der Waals surface area contributed by atoms with Gasteiger partial charge < -0.3 is 9.84 Å². The summed E-state index contributed by atoms with van der Waals surface area (Å²) in [5.41, 5.74) is 1.19. The maximum Gasteiger partial charge on any atom is 0.137 e. The monoisotopic (exact) mass is 221 g/mol. The summed E-state index contributed by atoms with van der Waals surface area (Å²) in [4.78, 5) is 4.20. The van der Waals surface area contributed by atoms with E-state index >= 15 is 0 Å². The highest BCUT2D eigenvalue weighted by atomic mass is 16.5. The van der Waals surface area contributed by atoms with Crippen molar-refractivity contribution in [3.05, 3.63) is 24.0 Å². The molecule has 1 fully saturated rings. The predicted octanol–water partition coefficient (Wildman–Crippen LogP) is 2.35.